The van der Waals surface area contributed by atoms with E-state index in [4.69, 9.17) is 4.74 Å². The van der Waals surface area contributed by atoms with Gasteiger partial charge in [-0.1, -0.05) is 0 Å². The lowest BCUT2D eigenvalue weighted by Crippen LogP contribution is -2.52. The number of nitrogens with zero attached hydrogens (tertiary/aromatic N) is 4. The minimum Gasteiger partial charge on any atom is -0.379 e. The maximum atomic E-state index is 12.7. The molecule has 1 saturated carbocycles. The Bertz CT molecular complexity index is 940. The van der Waals surface area contributed by atoms with Gasteiger partial charge in [-0.15, -0.1) is 0 Å². The Balaban J connectivity index is 1.15. The number of piperazine rings is 1. The van der Waals surface area contributed by atoms with Crippen molar-refractivity contribution in [3.8, 4) is 0 Å². The molecule has 1 N–H and O–H groups in total. The van der Waals surface area contributed by atoms with Crippen molar-refractivity contribution in [3.63, 3.8) is 0 Å². The summed E-state index contributed by atoms with van der Waals surface area (Å²) in [6, 6.07) is 8.09. The maximum Gasteiger partial charge on any atom is 0.321 e. The Kier molecular flexibility index (Phi) is 5.82. The monoisotopic (exact) mass is 425 g/mol. The van der Waals surface area contributed by atoms with E-state index in [-0.39, 0.29) is 17.9 Å². The fourth-order valence-electron chi connectivity index (χ4n) is 4.47. The number of nitrogens with one attached hydrogen (secondary N) is 1. The molecule has 31 heavy (non-hydrogen) atoms. The lowest BCUT2D eigenvalue weighted by atomic mass is 10.2. The summed E-state index contributed by atoms with van der Waals surface area (Å²) < 4.78 is 7.69. The average Bonchev–Trinajstić information content (AvgIpc) is 3.58. The number of carbonyl (C=O) groups excluding carboxylic acids is 2. The molecule has 1 aliphatic carbocycles. The first-order valence-corrected chi connectivity index (χ1v) is 11.4. The maximum absolute atomic E-state index is 12.7. The lowest BCUT2D eigenvalue weighted by molar-refractivity contribution is -0.133. The number of amides is 3. The van der Waals surface area contributed by atoms with Crippen LogP contribution in [0.15, 0.2) is 30.5 Å². The molecule has 8 nitrogen and oxygen atoms in total. The first-order chi connectivity index (χ1) is 15.2. The zero-order valence-electron chi connectivity index (χ0n) is 18.0. The van der Waals surface area contributed by atoms with Crippen LogP contribution in [0.3, 0.4) is 0 Å². The van der Waals surface area contributed by atoms with Gasteiger partial charge in [0.05, 0.1) is 13.2 Å². The fourth-order valence-corrected chi connectivity index (χ4v) is 4.47. The van der Waals surface area contributed by atoms with Crippen molar-refractivity contribution < 1.29 is 14.3 Å². The van der Waals surface area contributed by atoms with Crippen LogP contribution in [0.25, 0.3) is 10.9 Å². The molecular weight excluding hydrogens is 394 g/mol. The Morgan fingerprint density at radius 2 is 1.68 bits per heavy atom. The largest absolute Gasteiger partial charge is 0.379 e. The van der Waals surface area contributed by atoms with E-state index in [1.165, 1.54) is 5.52 Å². The topological polar surface area (TPSA) is 70.1 Å². The molecule has 3 amide bonds. The molecule has 0 spiro atoms. The summed E-state index contributed by atoms with van der Waals surface area (Å²) in [7, 11) is 0. The first kappa shape index (κ1) is 20.3. The van der Waals surface area contributed by atoms with Crippen LogP contribution in [-0.4, -0.2) is 90.2 Å². The Morgan fingerprint density at radius 1 is 0.935 bits per heavy atom. The Labute approximate surface area is 182 Å². The summed E-state index contributed by atoms with van der Waals surface area (Å²) in [5.41, 5.74) is 1.98. The van der Waals surface area contributed by atoms with Gasteiger partial charge in [0, 0.05) is 81.1 Å². The number of benzene rings is 1. The highest BCUT2D eigenvalue weighted by Gasteiger charge is 2.35. The van der Waals surface area contributed by atoms with Crippen molar-refractivity contribution >= 4 is 28.5 Å². The SMILES string of the molecule is O=C(Nc1ccc2c(ccn2CCN2CCOCC2)c1)N1CCN(C(=O)C2CC2)CC1. The number of hydrogen-bond acceptors (Lipinski definition) is 4. The molecule has 3 fully saturated rings. The minimum absolute atomic E-state index is 0.0929. The summed E-state index contributed by atoms with van der Waals surface area (Å²) >= 11 is 0. The molecule has 0 radical (unpaired) electrons. The Morgan fingerprint density at radius 3 is 2.42 bits per heavy atom. The van der Waals surface area contributed by atoms with E-state index in [1.807, 2.05) is 17.0 Å². The smallest absolute Gasteiger partial charge is 0.321 e. The summed E-state index contributed by atoms with van der Waals surface area (Å²) in [4.78, 5) is 31.0. The van der Waals surface area contributed by atoms with Gasteiger partial charge in [-0.05, 0) is 37.1 Å². The third-order valence-electron chi connectivity index (χ3n) is 6.59. The summed E-state index contributed by atoms with van der Waals surface area (Å²) in [6.45, 7) is 8.04. The van der Waals surface area contributed by atoms with Crippen molar-refractivity contribution in [1.82, 2.24) is 19.3 Å². The number of fused-ring (bicyclic) bond motifs is 1. The van der Waals surface area contributed by atoms with Crippen molar-refractivity contribution in [2.75, 3.05) is 64.3 Å². The van der Waals surface area contributed by atoms with Crippen molar-refractivity contribution in [2.24, 2.45) is 5.92 Å². The van der Waals surface area contributed by atoms with Gasteiger partial charge in [-0.3, -0.25) is 9.69 Å². The minimum atomic E-state index is -0.0929. The van der Waals surface area contributed by atoms with Crippen LogP contribution in [0.5, 0.6) is 0 Å². The molecule has 0 unspecified atom stereocenters. The highest BCUT2D eigenvalue weighted by Crippen LogP contribution is 2.31. The number of carbonyl (C=O) groups is 2. The van der Waals surface area contributed by atoms with E-state index in [1.54, 1.807) is 4.90 Å². The Hall–Kier alpha value is -2.58. The normalized spacial score (nSPS) is 20.3. The predicted molar refractivity (Wildman–Crippen MR) is 119 cm³/mol. The van der Waals surface area contributed by atoms with Gasteiger partial charge in [0.1, 0.15) is 0 Å². The van der Waals surface area contributed by atoms with Gasteiger partial charge in [0.2, 0.25) is 5.91 Å². The number of anilines is 1. The zero-order valence-corrected chi connectivity index (χ0v) is 18.0. The van der Waals surface area contributed by atoms with E-state index in [9.17, 15) is 9.59 Å². The van der Waals surface area contributed by atoms with Crippen LogP contribution in [0, 0.1) is 5.92 Å². The summed E-state index contributed by atoms with van der Waals surface area (Å²) in [5, 5.41) is 4.15. The van der Waals surface area contributed by atoms with E-state index >= 15 is 0 Å². The molecule has 2 aromatic rings. The van der Waals surface area contributed by atoms with Crippen molar-refractivity contribution in [1.29, 1.82) is 0 Å². The van der Waals surface area contributed by atoms with Crippen LogP contribution in [-0.2, 0) is 16.1 Å². The molecule has 2 saturated heterocycles. The van der Waals surface area contributed by atoms with Gasteiger partial charge >= 0.3 is 6.03 Å². The van der Waals surface area contributed by atoms with Gasteiger partial charge in [-0.2, -0.15) is 0 Å². The molecule has 2 aliphatic heterocycles. The van der Waals surface area contributed by atoms with Crippen molar-refractivity contribution in [3.05, 3.63) is 30.5 Å². The third kappa shape index (κ3) is 4.70. The summed E-state index contributed by atoms with van der Waals surface area (Å²) in [5.74, 6) is 0.511. The standard InChI is InChI=1S/C23H31N5O3/c29-22(18-1-2-18)27-9-11-28(12-10-27)23(30)24-20-3-4-21-19(17-20)5-6-26(21)8-7-25-13-15-31-16-14-25/h3-6,17-18H,1-2,7-16H2,(H,24,30). The van der Waals surface area contributed by atoms with Crippen molar-refractivity contribution in [2.45, 2.75) is 19.4 Å². The molecule has 0 atom stereocenters. The van der Waals surface area contributed by atoms with E-state index in [0.29, 0.717) is 26.2 Å². The molecular formula is C23H31N5O3. The van der Waals surface area contributed by atoms with Crippen LogP contribution in [0.2, 0.25) is 0 Å². The lowest BCUT2D eigenvalue weighted by Gasteiger charge is -2.34. The van der Waals surface area contributed by atoms with Gasteiger partial charge in [-0.25, -0.2) is 4.79 Å². The van der Waals surface area contributed by atoms with Crippen LogP contribution < -0.4 is 5.32 Å². The zero-order chi connectivity index (χ0) is 21.2. The van der Waals surface area contributed by atoms with Crippen LogP contribution >= 0.6 is 0 Å². The number of hydrogen-bond donors (Lipinski definition) is 1. The fraction of sp³-hybridized carbons (Fsp3) is 0.565. The predicted octanol–water partition coefficient (Wildman–Crippen LogP) is 2.06. The summed E-state index contributed by atoms with van der Waals surface area (Å²) in [6.07, 6.45) is 4.17. The number of aromatic nitrogens is 1. The molecule has 0 bridgehead atoms. The van der Waals surface area contributed by atoms with Crippen LogP contribution in [0.4, 0.5) is 10.5 Å². The van der Waals surface area contributed by atoms with Crippen LogP contribution in [0.1, 0.15) is 12.8 Å². The molecule has 3 aliphatic rings. The number of ether oxygens (including phenoxy) is 1. The quantitative estimate of drug-likeness (QED) is 0.796. The number of morpholine rings is 1. The van der Waals surface area contributed by atoms with Gasteiger partial charge in [0.25, 0.3) is 0 Å². The van der Waals surface area contributed by atoms with E-state index in [0.717, 1.165) is 63.3 Å². The molecule has 8 heteroatoms. The highest BCUT2D eigenvalue weighted by molar-refractivity contribution is 5.93. The second kappa shape index (κ2) is 8.88. The second-order valence-corrected chi connectivity index (χ2v) is 8.75. The first-order valence-electron chi connectivity index (χ1n) is 11.4. The molecule has 1 aromatic carbocycles. The van der Waals surface area contributed by atoms with Gasteiger partial charge < -0.3 is 24.4 Å². The molecule has 3 heterocycles. The average molecular weight is 426 g/mol. The number of rotatable bonds is 5. The second-order valence-electron chi connectivity index (χ2n) is 8.75. The van der Waals surface area contributed by atoms with E-state index in [2.05, 4.69) is 33.1 Å². The molecule has 5 rings (SSSR count). The number of urea groups is 1. The van der Waals surface area contributed by atoms with E-state index < -0.39 is 0 Å². The third-order valence-corrected chi connectivity index (χ3v) is 6.59. The molecule has 1 aromatic heterocycles. The highest BCUT2D eigenvalue weighted by atomic mass is 16.5. The molecule has 166 valence electrons. The van der Waals surface area contributed by atoms with Gasteiger partial charge in [0.15, 0.2) is 0 Å².